The summed E-state index contributed by atoms with van der Waals surface area (Å²) in [6.45, 7) is 12.7. The third-order valence-corrected chi connectivity index (χ3v) is 11.9. The van der Waals surface area contributed by atoms with Gasteiger partial charge in [-0.3, -0.25) is 4.57 Å². The van der Waals surface area contributed by atoms with Crippen LogP contribution < -0.4 is 0 Å². The van der Waals surface area contributed by atoms with E-state index in [1.165, 1.54) is 65.3 Å². The minimum Gasteiger partial charge on any atom is -0.291 e. The molecule has 0 N–H and O–H groups in total. The summed E-state index contributed by atoms with van der Waals surface area (Å²) < 4.78 is 2.28. The molecule has 0 aliphatic carbocycles. The van der Waals surface area contributed by atoms with Crippen molar-refractivity contribution in [2.45, 2.75) is 41.5 Å². The molecule has 3 nitrogen and oxygen atoms in total. The predicted molar refractivity (Wildman–Crippen MR) is 249 cm³/mol. The number of hydrogen-bond donors (Lipinski definition) is 0. The molecule has 0 radical (unpaired) electrons. The van der Waals surface area contributed by atoms with Crippen LogP contribution >= 0.6 is 11.6 Å². The number of nitrogens with zero attached hydrogens (tertiary/aromatic N) is 3. The Labute approximate surface area is 344 Å². The third-order valence-electron chi connectivity index (χ3n) is 11.6. The number of rotatable bonds is 5. The van der Waals surface area contributed by atoms with Gasteiger partial charge in [-0.25, -0.2) is 9.97 Å². The standard InChI is InChI=1S/C52H38ClN3.C2H6/c1-31(35-17-7-5-8-18-35)45(38-21-9-6-10-22-38)49-34(4)54-52(51(53)55-49)56-44-30-28-37-20-12-14-24-41(37)47(44)48-43-26-16-15-25-42(43)46(33(3)50(48)56)40-29-27-36-19-11-13-23-39(36)32(40)2;1-2/h5-30H,1-4H3;1-2H3/b45-31+;. The molecule has 0 aliphatic heterocycles. The van der Waals surface area contributed by atoms with Crippen LogP contribution in [-0.2, 0) is 0 Å². The molecular weight excluding hydrogens is 726 g/mol. The van der Waals surface area contributed by atoms with E-state index in [9.17, 15) is 0 Å². The lowest BCUT2D eigenvalue weighted by atomic mass is 9.87. The van der Waals surface area contributed by atoms with Crippen LogP contribution in [0.4, 0.5) is 0 Å². The second-order valence-electron chi connectivity index (χ2n) is 14.7. The molecule has 0 saturated carbocycles. The van der Waals surface area contributed by atoms with E-state index in [1.54, 1.807) is 0 Å². The molecule has 0 atom stereocenters. The molecule has 4 heteroatoms. The Morgan fingerprint density at radius 1 is 0.517 bits per heavy atom. The minimum atomic E-state index is 0.350. The van der Waals surface area contributed by atoms with Gasteiger partial charge in [0.05, 0.1) is 22.4 Å². The maximum Gasteiger partial charge on any atom is 0.176 e. The first-order chi connectivity index (χ1) is 28.4. The summed E-state index contributed by atoms with van der Waals surface area (Å²) in [4.78, 5) is 10.7. The third kappa shape index (κ3) is 5.88. The number of allylic oxidation sites excluding steroid dienone is 1. The van der Waals surface area contributed by atoms with Gasteiger partial charge in [-0.2, -0.15) is 0 Å². The van der Waals surface area contributed by atoms with Crippen LogP contribution in [0.3, 0.4) is 0 Å². The molecule has 2 aromatic heterocycles. The topological polar surface area (TPSA) is 30.7 Å². The van der Waals surface area contributed by atoms with Gasteiger partial charge in [0, 0.05) is 16.3 Å². The van der Waals surface area contributed by atoms with Gasteiger partial charge in [-0.15, -0.1) is 0 Å². The van der Waals surface area contributed by atoms with E-state index in [2.05, 4.69) is 178 Å². The summed E-state index contributed by atoms with van der Waals surface area (Å²) in [5, 5.41) is 10.0. The molecule has 8 aromatic carbocycles. The Bertz CT molecular complexity index is 3230. The Morgan fingerprint density at radius 3 is 1.76 bits per heavy atom. The molecule has 0 spiro atoms. The van der Waals surface area contributed by atoms with Crippen LogP contribution in [0.25, 0.3) is 82.2 Å². The number of aromatic nitrogens is 3. The van der Waals surface area contributed by atoms with Gasteiger partial charge in [0.15, 0.2) is 11.0 Å². The molecule has 0 bridgehead atoms. The molecule has 0 unspecified atom stereocenters. The SMILES string of the molecule is C/C(=C(/c1ccccc1)c1nc(Cl)c(-n2c3ccc4ccccc4c3c3c4ccccc4c(-c4ccc5ccccc5c4C)c(C)c32)nc1C)c1ccccc1.CC. The minimum absolute atomic E-state index is 0.350. The Balaban J connectivity index is 0.00000215. The van der Waals surface area contributed by atoms with Crippen molar-refractivity contribution >= 4 is 76.9 Å². The number of aryl methyl sites for hydroxylation is 3. The highest BCUT2D eigenvalue weighted by Gasteiger charge is 2.26. The van der Waals surface area contributed by atoms with E-state index in [4.69, 9.17) is 21.6 Å². The largest absolute Gasteiger partial charge is 0.291 e. The van der Waals surface area contributed by atoms with Gasteiger partial charge in [0.2, 0.25) is 0 Å². The van der Waals surface area contributed by atoms with Gasteiger partial charge in [0.25, 0.3) is 0 Å². The Hall–Kier alpha value is -6.55. The van der Waals surface area contributed by atoms with E-state index >= 15 is 0 Å². The molecular formula is C54H44ClN3. The van der Waals surface area contributed by atoms with Crippen molar-refractivity contribution in [1.82, 2.24) is 14.5 Å². The van der Waals surface area contributed by atoms with Gasteiger partial charge >= 0.3 is 0 Å². The van der Waals surface area contributed by atoms with Crippen molar-refractivity contribution < 1.29 is 0 Å². The second kappa shape index (κ2) is 15.1. The molecule has 10 rings (SSSR count). The Morgan fingerprint density at radius 2 is 1.07 bits per heavy atom. The average Bonchev–Trinajstić information content (AvgIpc) is 3.63. The second-order valence-corrected chi connectivity index (χ2v) is 15.1. The first kappa shape index (κ1) is 37.1. The summed E-state index contributed by atoms with van der Waals surface area (Å²) >= 11 is 7.49. The zero-order chi connectivity index (χ0) is 40.1. The highest BCUT2D eigenvalue weighted by atomic mass is 35.5. The van der Waals surface area contributed by atoms with Crippen molar-refractivity contribution in [2.24, 2.45) is 0 Å². The Kier molecular flexibility index (Phi) is 9.63. The number of halogens is 1. The fourth-order valence-corrected chi connectivity index (χ4v) is 9.23. The van der Waals surface area contributed by atoms with Gasteiger partial charge < -0.3 is 0 Å². The first-order valence-corrected chi connectivity index (χ1v) is 20.5. The fraction of sp³-hybridized carbons (Fsp3) is 0.111. The molecule has 0 aliphatic rings. The molecule has 0 saturated heterocycles. The van der Waals surface area contributed by atoms with E-state index < -0.39 is 0 Å². The summed E-state index contributed by atoms with van der Waals surface area (Å²) in [5.74, 6) is 0.618. The van der Waals surface area contributed by atoms with Gasteiger partial charge in [-0.1, -0.05) is 177 Å². The average molecular weight is 770 g/mol. The molecule has 10 aromatic rings. The summed E-state index contributed by atoms with van der Waals surface area (Å²) in [6, 6.07) is 56.1. The molecule has 2 heterocycles. The van der Waals surface area contributed by atoms with E-state index in [1.807, 2.05) is 26.0 Å². The highest BCUT2D eigenvalue weighted by molar-refractivity contribution is 6.33. The van der Waals surface area contributed by atoms with Crippen molar-refractivity contribution in [1.29, 1.82) is 0 Å². The maximum absolute atomic E-state index is 7.49. The van der Waals surface area contributed by atoms with Crippen molar-refractivity contribution in [3.63, 3.8) is 0 Å². The van der Waals surface area contributed by atoms with Gasteiger partial charge in [0.1, 0.15) is 0 Å². The van der Waals surface area contributed by atoms with E-state index in [0.717, 1.165) is 44.7 Å². The van der Waals surface area contributed by atoms with Crippen molar-refractivity contribution in [2.75, 3.05) is 0 Å². The number of benzene rings is 8. The monoisotopic (exact) mass is 769 g/mol. The molecule has 58 heavy (non-hydrogen) atoms. The predicted octanol–water partition coefficient (Wildman–Crippen LogP) is 15.3. The summed E-state index contributed by atoms with van der Waals surface area (Å²) in [7, 11) is 0. The quantitative estimate of drug-likeness (QED) is 0.163. The van der Waals surface area contributed by atoms with Crippen LogP contribution in [0.1, 0.15) is 54.4 Å². The normalized spacial score (nSPS) is 12.0. The van der Waals surface area contributed by atoms with E-state index in [-0.39, 0.29) is 0 Å². The number of hydrogen-bond acceptors (Lipinski definition) is 2. The van der Waals surface area contributed by atoms with Crippen LogP contribution in [0.2, 0.25) is 5.15 Å². The smallest absolute Gasteiger partial charge is 0.176 e. The van der Waals surface area contributed by atoms with Crippen LogP contribution in [0.5, 0.6) is 0 Å². The fourth-order valence-electron chi connectivity index (χ4n) is 9.02. The highest BCUT2D eigenvalue weighted by Crippen LogP contribution is 2.48. The lowest BCUT2D eigenvalue weighted by Crippen LogP contribution is -2.08. The summed E-state index contributed by atoms with van der Waals surface area (Å²) in [6.07, 6.45) is 0. The lowest BCUT2D eigenvalue weighted by Gasteiger charge is -2.19. The molecule has 0 fully saturated rings. The molecule has 0 amide bonds. The zero-order valence-corrected chi connectivity index (χ0v) is 34.5. The number of fused-ring (bicyclic) bond motifs is 8. The maximum atomic E-state index is 7.49. The van der Waals surface area contributed by atoms with Crippen molar-refractivity contribution in [3.8, 4) is 16.9 Å². The van der Waals surface area contributed by atoms with Crippen molar-refractivity contribution in [3.05, 3.63) is 197 Å². The van der Waals surface area contributed by atoms with Crippen LogP contribution in [0, 0.1) is 20.8 Å². The first-order valence-electron chi connectivity index (χ1n) is 20.1. The van der Waals surface area contributed by atoms with Crippen LogP contribution in [-0.4, -0.2) is 14.5 Å². The lowest BCUT2D eigenvalue weighted by molar-refractivity contribution is 0.992. The van der Waals surface area contributed by atoms with Gasteiger partial charge in [-0.05, 0) is 105 Å². The van der Waals surface area contributed by atoms with E-state index in [0.29, 0.717) is 11.0 Å². The van der Waals surface area contributed by atoms with Crippen LogP contribution in [0.15, 0.2) is 158 Å². The zero-order valence-electron chi connectivity index (χ0n) is 33.7. The molecule has 282 valence electrons. The summed E-state index contributed by atoms with van der Waals surface area (Å²) in [5.41, 5.74) is 12.9.